The summed E-state index contributed by atoms with van der Waals surface area (Å²) in [7, 11) is 0. The molecule has 0 aromatic heterocycles. The molecular formula is C31H19F9O3. The molecule has 4 aromatic rings. The fourth-order valence-corrected chi connectivity index (χ4v) is 4.04. The highest BCUT2D eigenvalue weighted by atomic mass is 19.4. The van der Waals surface area contributed by atoms with Crippen molar-refractivity contribution in [1.29, 1.82) is 0 Å². The maximum Gasteiger partial charge on any atom is 0.573 e. The van der Waals surface area contributed by atoms with Crippen molar-refractivity contribution < 1.29 is 53.8 Å². The van der Waals surface area contributed by atoms with Gasteiger partial charge in [0.15, 0.2) is 17.5 Å². The summed E-state index contributed by atoms with van der Waals surface area (Å²) in [5.41, 5.74) is 0.153. The topological polar surface area (TPSA) is 35.5 Å². The highest BCUT2D eigenvalue weighted by Crippen LogP contribution is 2.33. The number of hydrogen-bond acceptors (Lipinski definition) is 3. The number of alkyl halides is 3. The minimum absolute atomic E-state index is 0.0118. The van der Waals surface area contributed by atoms with Gasteiger partial charge in [-0.15, -0.1) is 13.2 Å². The molecule has 0 heterocycles. The minimum Gasteiger partial charge on any atom is -0.423 e. The first-order valence-corrected chi connectivity index (χ1v) is 12.5. The molecule has 0 aliphatic rings. The highest BCUT2D eigenvalue weighted by molar-refractivity contribution is 5.92. The molecule has 0 spiro atoms. The van der Waals surface area contributed by atoms with E-state index in [0.29, 0.717) is 17.5 Å². The van der Waals surface area contributed by atoms with E-state index in [0.717, 1.165) is 18.2 Å². The molecule has 224 valence electrons. The number of rotatable bonds is 8. The maximum absolute atomic E-state index is 15.0. The maximum atomic E-state index is 15.0. The summed E-state index contributed by atoms with van der Waals surface area (Å²) in [6.45, 7) is 1.71. The van der Waals surface area contributed by atoms with Crippen molar-refractivity contribution in [2.45, 2.75) is 26.1 Å². The lowest BCUT2D eigenvalue weighted by molar-refractivity contribution is -0.276. The first-order valence-electron chi connectivity index (χ1n) is 12.5. The zero-order valence-electron chi connectivity index (χ0n) is 22.0. The number of carbonyl (C=O) groups is 1. The zero-order valence-corrected chi connectivity index (χ0v) is 22.0. The Morgan fingerprint density at radius 1 is 0.721 bits per heavy atom. The summed E-state index contributed by atoms with van der Waals surface area (Å²) in [6.07, 6.45) is -4.99. The molecule has 0 radical (unpaired) electrons. The number of ether oxygens (including phenoxy) is 2. The summed E-state index contributed by atoms with van der Waals surface area (Å²) in [4.78, 5) is 12.4. The second kappa shape index (κ2) is 12.6. The van der Waals surface area contributed by atoms with Crippen molar-refractivity contribution in [1.82, 2.24) is 0 Å². The van der Waals surface area contributed by atoms with Gasteiger partial charge in [-0.25, -0.2) is 31.1 Å². The second-order valence-corrected chi connectivity index (χ2v) is 9.09. The van der Waals surface area contributed by atoms with Crippen LogP contribution in [0.4, 0.5) is 39.5 Å². The summed E-state index contributed by atoms with van der Waals surface area (Å²) in [6, 6.07) is 13.1. The quantitative estimate of drug-likeness (QED) is 0.113. The molecule has 0 bridgehead atoms. The number of carbonyl (C=O) groups excluding carboxylic acids is 1. The Balaban J connectivity index is 1.52. The lowest BCUT2D eigenvalue weighted by atomic mass is 9.98. The summed E-state index contributed by atoms with van der Waals surface area (Å²) in [5, 5.41) is 0. The highest BCUT2D eigenvalue weighted by Gasteiger charge is 2.34. The van der Waals surface area contributed by atoms with Crippen molar-refractivity contribution in [2.24, 2.45) is 0 Å². The van der Waals surface area contributed by atoms with Crippen molar-refractivity contribution in [2.75, 3.05) is 0 Å². The van der Waals surface area contributed by atoms with E-state index < -0.39 is 64.3 Å². The number of esters is 1. The van der Waals surface area contributed by atoms with Crippen molar-refractivity contribution in [3.8, 4) is 33.8 Å². The van der Waals surface area contributed by atoms with Gasteiger partial charge < -0.3 is 9.47 Å². The Labute approximate surface area is 238 Å². The monoisotopic (exact) mass is 610 g/mol. The van der Waals surface area contributed by atoms with Gasteiger partial charge in [-0.1, -0.05) is 49.4 Å². The van der Waals surface area contributed by atoms with E-state index in [1.807, 2.05) is 0 Å². The van der Waals surface area contributed by atoms with Gasteiger partial charge in [-0.2, -0.15) is 0 Å². The van der Waals surface area contributed by atoms with Crippen LogP contribution in [0, 0.1) is 23.3 Å². The molecule has 43 heavy (non-hydrogen) atoms. The summed E-state index contributed by atoms with van der Waals surface area (Å²) < 4.78 is 130. The van der Waals surface area contributed by atoms with E-state index >= 15 is 4.39 Å². The number of hydrogen-bond donors (Lipinski definition) is 0. The molecule has 0 unspecified atom stereocenters. The Morgan fingerprint density at radius 2 is 1.30 bits per heavy atom. The molecule has 0 N–H and O–H groups in total. The van der Waals surface area contributed by atoms with E-state index in [4.69, 9.17) is 4.74 Å². The SMILES string of the molecule is CCC/C(F)=C(\F)c1ccc(-c2ccc(-c3ccc(C(=O)Oc4cc(F)c(OC(F)(F)F)c(F)c4)c(F)c3)c(F)c2)cc1. The predicted molar refractivity (Wildman–Crippen MR) is 139 cm³/mol. The van der Waals surface area contributed by atoms with E-state index in [9.17, 15) is 39.9 Å². The molecule has 0 amide bonds. The molecule has 0 saturated carbocycles. The molecule has 0 atom stereocenters. The predicted octanol–water partition coefficient (Wildman–Crippen LogP) is 10.1. The third-order valence-corrected chi connectivity index (χ3v) is 6.05. The molecule has 0 aliphatic heterocycles. The van der Waals surface area contributed by atoms with Gasteiger partial charge >= 0.3 is 12.3 Å². The molecule has 0 aliphatic carbocycles. The number of halogens is 9. The average molecular weight is 610 g/mol. The largest absolute Gasteiger partial charge is 0.573 e. The van der Waals surface area contributed by atoms with Crippen LogP contribution in [0.3, 0.4) is 0 Å². The Morgan fingerprint density at radius 3 is 1.86 bits per heavy atom. The van der Waals surface area contributed by atoms with Crippen LogP contribution in [-0.2, 0) is 0 Å². The first-order chi connectivity index (χ1) is 20.3. The van der Waals surface area contributed by atoms with Crippen LogP contribution in [0.15, 0.2) is 78.6 Å². The summed E-state index contributed by atoms with van der Waals surface area (Å²) in [5.74, 6) is -11.5. The number of allylic oxidation sites excluding steroid dienone is 1. The van der Waals surface area contributed by atoms with Crippen molar-refractivity contribution >= 4 is 11.8 Å². The lowest BCUT2D eigenvalue weighted by Gasteiger charge is -2.12. The second-order valence-electron chi connectivity index (χ2n) is 9.09. The molecule has 12 heteroatoms. The third-order valence-electron chi connectivity index (χ3n) is 6.05. The van der Waals surface area contributed by atoms with Gasteiger partial charge in [0.05, 0.1) is 5.56 Å². The lowest BCUT2D eigenvalue weighted by Crippen LogP contribution is -2.19. The van der Waals surface area contributed by atoms with E-state index in [1.54, 1.807) is 6.92 Å². The summed E-state index contributed by atoms with van der Waals surface area (Å²) >= 11 is 0. The minimum atomic E-state index is -5.38. The molecule has 4 rings (SSSR count). The van der Waals surface area contributed by atoms with Gasteiger partial charge in [-0.3, -0.25) is 0 Å². The molecule has 4 aromatic carbocycles. The normalized spacial score (nSPS) is 12.1. The molecule has 0 saturated heterocycles. The molecule has 3 nitrogen and oxygen atoms in total. The van der Waals surface area contributed by atoms with Gasteiger partial charge in [0.25, 0.3) is 0 Å². The Kier molecular flexibility index (Phi) is 9.17. The fourth-order valence-electron chi connectivity index (χ4n) is 4.04. The van der Waals surface area contributed by atoms with Crippen LogP contribution >= 0.6 is 0 Å². The van der Waals surface area contributed by atoms with Crippen molar-refractivity contribution in [3.05, 3.63) is 113 Å². The standard InChI is InChI=1S/C31H19F9O3/c1-2-3-23(32)28(37)17-6-4-16(5-7-17)18-8-10-21(24(33)12-18)19-9-11-22(25(34)13-19)30(41)42-20-14-26(35)29(27(36)15-20)43-31(38,39)40/h4-15H,2-3H2,1H3/b28-23+. The van der Waals surface area contributed by atoms with E-state index in [2.05, 4.69) is 4.74 Å². The van der Waals surface area contributed by atoms with Gasteiger partial charge in [0.1, 0.15) is 23.2 Å². The van der Waals surface area contributed by atoms with Crippen LogP contribution < -0.4 is 9.47 Å². The van der Waals surface area contributed by atoms with Crippen LogP contribution in [-0.4, -0.2) is 12.3 Å². The van der Waals surface area contributed by atoms with E-state index in [-0.39, 0.29) is 35.2 Å². The van der Waals surface area contributed by atoms with Crippen molar-refractivity contribution in [3.63, 3.8) is 0 Å². The molecule has 0 fully saturated rings. The number of benzene rings is 4. The van der Waals surface area contributed by atoms with Crippen LogP contribution in [0.2, 0.25) is 0 Å². The van der Waals surface area contributed by atoms with Gasteiger partial charge in [0, 0.05) is 29.7 Å². The Hall–Kier alpha value is -4.74. The fraction of sp³-hybridized carbons (Fsp3) is 0.129. The van der Waals surface area contributed by atoms with Crippen LogP contribution in [0.1, 0.15) is 35.7 Å². The van der Waals surface area contributed by atoms with Crippen LogP contribution in [0.25, 0.3) is 28.1 Å². The van der Waals surface area contributed by atoms with Gasteiger partial charge in [0.2, 0.25) is 5.75 Å². The molecular weight excluding hydrogens is 591 g/mol. The van der Waals surface area contributed by atoms with Gasteiger partial charge in [-0.05, 0) is 41.3 Å². The average Bonchev–Trinajstić information content (AvgIpc) is 2.94. The smallest absolute Gasteiger partial charge is 0.423 e. The Bertz CT molecular complexity index is 1670. The first kappa shape index (κ1) is 31.2. The van der Waals surface area contributed by atoms with E-state index in [1.165, 1.54) is 42.5 Å². The van der Waals surface area contributed by atoms with Crippen LogP contribution in [0.5, 0.6) is 11.5 Å². The third kappa shape index (κ3) is 7.37. The zero-order chi connectivity index (χ0) is 31.5.